The maximum atomic E-state index is 15.5. The van der Waals surface area contributed by atoms with Gasteiger partial charge in [-0.15, -0.1) is 0 Å². The number of alkyl halides is 2. The Morgan fingerprint density at radius 2 is 1.86 bits per heavy atom. The van der Waals surface area contributed by atoms with E-state index in [1.54, 1.807) is 28.8 Å². The van der Waals surface area contributed by atoms with Gasteiger partial charge in [0.15, 0.2) is 5.82 Å². The number of amides is 2. The van der Waals surface area contributed by atoms with E-state index in [9.17, 15) is 22.8 Å². The minimum Gasteiger partial charge on any atom is -0.487 e. The Balaban J connectivity index is 1.53. The number of hydrogen-bond acceptors (Lipinski definition) is 5. The molecule has 1 saturated carbocycles. The maximum absolute atomic E-state index is 15.5. The highest BCUT2D eigenvalue weighted by Crippen LogP contribution is 2.42. The van der Waals surface area contributed by atoms with E-state index in [0.717, 1.165) is 23.4 Å². The second-order valence-electron chi connectivity index (χ2n) is 10.0. The summed E-state index contributed by atoms with van der Waals surface area (Å²) in [5, 5.41) is 7.97. The summed E-state index contributed by atoms with van der Waals surface area (Å²) < 4.78 is 64.4. The number of hydrogen-bond donors (Lipinski definition) is 3. The first-order chi connectivity index (χ1) is 20.5. The molecule has 1 aliphatic carbocycles. The fourth-order valence-corrected chi connectivity index (χ4v) is 4.64. The number of fused-ring (bicyclic) bond motifs is 1. The molecule has 3 N–H and O–H groups in total. The lowest BCUT2D eigenvalue weighted by atomic mass is 10.1. The van der Waals surface area contributed by atoms with Gasteiger partial charge in [-0.05, 0) is 56.2 Å². The first-order valence-electron chi connectivity index (χ1n) is 13.2. The van der Waals surface area contributed by atoms with E-state index in [1.807, 2.05) is 0 Å². The Hall–Kier alpha value is -4.39. The number of imidazole rings is 1. The second kappa shape index (κ2) is 12.5. The van der Waals surface area contributed by atoms with E-state index < -0.39 is 42.2 Å². The topological polar surface area (TPSA) is 97.3 Å². The molecule has 1 heterocycles. The number of rotatable bonds is 11. The SMILES string of the molecule is C=C(C)C(=O)NCc1ccc(F)c(Nc2nc3cc(C(=O)Nc4ccc(Br)cc4)c(OCC(F)F)cc3n2C2CC2)c1F. The lowest BCUT2D eigenvalue weighted by Crippen LogP contribution is -2.23. The summed E-state index contributed by atoms with van der Waals surface area (Å²) >= 11 is 3.32. The van der Waals surface area contributed by atoms with E-state index >= 15 is 4.39 Å². The smallest absolute Gasteiger partial charge is 0.272 e. The van der Waals surface area contributed by atoms with Gasteiger partial charge in [0.1, 0.15) is 23.9 Å². The minimum atomic E-state index is -2.79. The van der Waals surface area contributed by atoms with Gasteiger partial charge in [-0.25, -0.2) is 22.5 Å². The van der Waals surface area contributed by atoms with Gasteiger partial charge >= 0.3 is 0 Å². The van der Waals surface area contributed by atoms with Gasteiger partial charge < -0.3 is 25.3 Å². The first-order valence-corrected chi connectivity index (χ1v) is 14.0. The number of nitrogens with zero attached hydrogens (tertiary/aromatic N) is 2. The van der Waals surface area contributed by atoms with Crippen LogP contribution in [-0.2, 0) is 11.3 Å². The number of anilines is 3. The molecule has 43 heavy (non-hydrogen) atoms. The molecule has 5 rings (SSSR count). The summed E-state index contributed by atoms with van der Waals surface area (Å²) in [6.07, 6.45) is -1.30. The molecule has 2 amide bonds. The van der Waals surface area contributed by atoms with Crippen LogP contribution in [0.1, 0.15) is 41.7 Å². The van der Waals surface area contributed by atoms with Crippen molar-refractivity contribution in [3.05, 3.63) is 87.9 Å². The lowest BCUT2D eigenvalue weighted by molar-refractivity contribution is -0.117. The molecule has 224 valence electrons. The third-order valence-corrected chi connectivity index (χ3v) is 7.18. The van der Waals surface area contributed by atoms with Gasteiger partial charge in [0.05, 0.1) is 16.6 Å². The molecule has 0 atom stereocenters. The number of halogens is 5. The Morgan fingerprint density at radius 1 is 1.14 bits per heavy atom. The van der Waals surface area contributed by atoms with Crippen molar-refractivity contribution in [3.8, 4) is 5.75 Å². The van der Waals surface area contributed by atoms with E-state index in [4.69, 9.17) is 4.74 Å². The minimum absolute atomic E-state index is 0.0298. The molecule has 0 spiro atoms. The highest BCUT2D eigenvalue weighted by Gasteiger charge is 2.31. The molecular weight excluding hydrogens is 634 g/mol. The van der Waals surface area contributed by atoms with Gasteiger partial charge in [0.25, 0.3) is 12.3 Å². The monoisotopic (exact) mass is 659 g/mol. The number of nitrogens with one attached hydrogen (secondary N) is 3. The van der Waals surface area contributed by atoms with Crippen molar-refractivity contribution in [3.63, 3.8) is 0 Å². The number of benzene rings is 3. The third-order valence-electron chi connectivity index (χ3n) is 6.65. The highest BCUT2D eigenvalue weighted by molar-refractivity contribution is 9.10. The van der Waals surface area contributed by atoms with Crippen LogP contribution in [0.3, 0.4) is 0 Å². The molecule has 0 radical (unpaired) electrons. The fourth-order valence-electron chi connectivity index (χ4n) is 4.38. The normalized spacial score (nSPS) is 12.8. The molecule has 13 heteroatoms. The average Bonchev–Trinajstić information content (AvgIpc) is 3.74. The highest BCUT2D eigenvalue weighted by atomic mass is 79.9. The van der Waals surface area contributed by atoms with E-state index in [-0.39, 0.29) is 46.5 Å². The predicted molar refractivity (Wildman–Crippen MR) is 158 cm³/mol. The fraction of sp³-hybridized carbons (Fsp3) is 0.233. The lowest BCUT2D eigenvalue weighted by Gasteiger charge is -2.15. The quantitative estimate of drug-likeness (QED) is 0.116. The summed E-state index contributed by atoms with van der Waals surface area (Å²) in [6.45, 7) is 3.89. The molecule has 0 aliphatic heterocycles. The largest absolute Gasteiger partial charge is 0.487 e. The van der Waals surface area contributed by atoms with Crippen molar-refractivity contribution in [2.24, 2.45) is 0 Å². The molecule has 1 aliphatic rings. The van der Waals surface area contributed by atoms with Crippen LogP contribution in [0.2, 0.25) is 0 Å². The molecule has 3 aromatic carbocycles. The van der Waals surface area contributed by atoms with Crippen molar-refractivity contribution in [2.45, 2.75) is 38.8 Å². The van der Waals surface area contributed by atoms with Crippen LogP contribution in [0.15, 0.2) is 65.2 Å². The van der Waals surface area contributed by atoms with Crippen molar-refractivity contribution in [2.75, 3.05) is 17.2 Å². The third kappa shape index (κ3) is 6.82. The summed E-state index contributed by atoms with van der Waals surface area (Å²) in [5.41, 5.74) is 0.912. The standard InChI is InChI=1S/C30H26BrF4N5O3/c1-15(2)28(41)36-13-16-3-10-21(32)27(26(16)35)39-30-38-22-11-20(29(42)37-18-6-4-17(31)5-7-18)24(43-14-25(33)34)12-23(22)40(30)19-8-9-19/h3-7,10-12,19,25H,1,8-9,13-14H2,2H3,(H,36,41)(H,37,42)(H,38,39). The molecule has 0 unspecified atom stereocenters. The van der Waals surface area contributed by atoms with Gasteiger partial charge in [0, 0.05) is 39.9 Å². The van der Waals surface area contributed by atoms with E-state index in [1.165, 1.54) is 25.1 Å². The van der Waals surface area contributed by atoms with Gasteiger partial charge in [-0.3, -0.25) is 9.59 Å². The first kappa shape index (κ1) is 30.1. The zero-order valence-corrected chi connectivity index (χ0v) is 24.4. The Labute approximate surface area is 252 Å². The zero-order valence-electron chi connectivity index (χ0n) is 22.8. The molecule has 4 aromatic rings. The number of carbonyl (C=O) groups excluding carboxylic acids is 2. The second-order valence-corrected chi connectivity index (χ2v) is 10.9. The van der Waals surface area contributed by atoms with Crippen LogP contribution in [0.4, 0.5) is 34.9 Å². The van der Waals surface area contributed by atoms with Gasteiger partial charge in [-0.2, -0.15) is 0 Å². The molecule has 0 saturated heterocycles. The number of carbonyl (C=O) groups is 2. The van der Waals surface area contributed by atoms with Gasteiger partial charge in [0.2, 0.25) is 11.9 Å². The van der Waals surface area contributed by atoms with Crippen LogP contribution in [-0.4, -0.2) is 34.4 Å². The number of aromatic nitrogens is 2. The zero-order chi connectivity index (χ0) is 30.8. The Bertz CT molecular complexity index is 1720. The van der Waals surface area contributed by atoms with Crippen molar-refractivity contribution in [1.82, 2.24) is 14.9 Å². The van der Waals surface area contributed by atoms with E-state index in [0.29, 0.717) is 11.2 Å². The van der Waals surface area contributed by atoms with Crippen molar-refractivity contribution in [1.29, 1.82) is 0 Å². The van der Waals surface area contributed by atoms with Crippen molar-refractivity contribution >= 4 is 56.1 Å². The molecule has 0 bridgehead atoms. The Kier molecular flexibility index (Phi) is 8.71. The van der Waals surface area contributed by atoms with Crippen LogP contribution in [0, 0.1) is 11.6 Å². The molecule has 8 nitrogen and oxygen atoms in total. The summed E-state index contributed by atoms with van der Waals surface area (Å²) in [4.78, 5) is 29.6. The summed E-state index contributed by atoms with van der Waals surface area (Å²) in [6, 6.07) is 11.8. The van der Waals surface area contributed by atoms with Crippen LogP contribution in [0.5, 0.6) is 5.75 Å². The average molecular weight is 660 g/mol. The summed E-state index contributed by atoms with van der Waals surface area (Å²) in [7, 11) is 0. The Morgan fingerprint density at radius 3 is 2.51 bits per heavy atom. The number of ether oxygens (including phenoxy) is 1. The molecule has 1 aromatic heterocycles. The van der Waals surface area contributed by atoms with Crippen LogP contribution < -0.4 is 20.7 Å². The molecular formula is C30H26BrF4N5O3. The van der Waals surface area contributed by atoms with Crippen molar-refractivity contribution < 1.29 is 31.9 Å². The van der Waals surface area contributed by atoms with Crippen LogP contribution in [0.25, 0.3) is 11.0 Å². The molecule has 1 fully saturated rings. The van der Waals surface area contributed by atoms with Gasteiger partial charge in [-0.1, -0.05) is 28.6 Å². The summed E-state index contributed by atoms with van der Waals surface area (Å²) in [5.74, 6) is -2.92. The van der Waals surface area contributed by atoms with Crippen LogP contribution >= 0.6 is 15.9 Å². The predicted octanol–water partition coefficient (Wildman–Crippen LogP) is 7.24. The maximum Gasteiger partial charge on any atom is 0.272 e. The van der Waals surface area contributed by atoms with E-state index in [2.05, 4.69) is 43.4 Å².